The molecule has 0 atom stereocenters. The van der Waals surface area contributed by atoms with E-state index in [1.807, 2.05) is 97.9 Å². The van der Waals surface area contributed by atoms with E-state index in [-0.39, 0.29) is 5.57 Å². The Morgan fingerprint density at radius 2 is 1.61 bits per heavy atom. The van der Waals surface area contributed by atoms with Crippen LogP contribution in [0.5, 0.6) is 0 Å². The van der Waals surface area contributed by atoms with E-state index < -0.39 is 5.91 Å². The summed E-state index contributed by atoms with van der Waals surface area (Å²) in [5.41, 5.74) is 6.70. The minimum absolute atomic E-state index is 0.0527. The van der Waals surface area contributed by atoms with E-state index in [0.717, 1.165) is 34.6 Å². The van der Waals surface area contributed by atoms with Gasteiger partial charge in [0, 0.05) is 22.6 Å². The SMILES string of the molecule is CCc1ccc(NC(=O)/C(C#N)=C\c2cc(C)n(-c3ccccc3)c2-c2ccccc2)cc1. The smallest absolute Gasteiger partial charge is 0.266 e. The average molecular weight is 432 g/mol. The normalized spacial score (nSPS) is 11.1. The molecule has 1 N–H and O–H groups in total. The van der Waals surface area contributed by atoms with Crippen molar-refractivity contribution in [3.63, 3.8) is 0 Å². The van der Waals surface area contributed by atoms with E-state index in [0.29, 0.717) is 5.69 Å². The van der Waals surface area contributed by atoms with Gasteiger partial charge < -0.3 is 9.88 Å². The molecule has 0 aliphatic heterocycles. The Hall–Kier alpha value is -4.36. The Balaban J connectivity index is 1.77. The monoisotopic (exact) mass is 431 g/mol. The molecule has 0 saturated carbocycles. The Morgan fingerprint density at radius 1 is 0.970 bits per heavy atom. The number of aromatic nitrogens is 1. The molecular weight excluding hydrogens is 406 g/mol. The van der Waals surface area contributed by atoms with Gasteiger partial charge in [0.2, 0.25) is 0 Å². The highest BCUT2D eigenvalue weighted by Crippen LogP contribution is 2.32. The van der Waals surface area contributed by atoms with Crippen molar-refractivity contribution in [1.29, 1.82) is 5.26 Å². The molecule has 0 fully saturated rings. The topological polar surface area (TPSA) is 57.8 Å². The number of carbonyl (C=O) groups is 1. The van der Waals surface area contributed by atoms with Crippen LogP contribution in [0.2, 0.25) is 0 Å². The molecule has 0 unspecified atom stereocenters. The second kappa shape index (κ2) is 9.84. The van der Waals surface area contributed by atoms with Gasteiger partial charge in [-0.05, 0) is 60.9 Å². The Kier molecular flexibility index (Phi) is 6.52. The van der Waals surface area contributed by atoms with Crippen molar-refractivity contribution < 1.29 is 4.79 Å². The third kappa shape index (κ3) is 4.78. The zero-order valence-corrected chi connectivity index (χ0v) is 18.7. The lowest BCUT2D eigenvalue weighted by Gasteiger charge is -2.13. The molecule has 1 aromatic heterocycles. The third-order valence-corrected chi connectivity index (χ3v) is 5.56. The fourth-order valence-electron chi connectivity index (χ4n) is 3.90. The van der Waals surface area contributed by atoms with Gasteiger partial charge in [0.1, 0.15) is 11.6 Å². The molecule has 0 aliphatic rings. The molecule has 0 spiro atoms. The first kappa shape index (κ1) is 21.9. The molecule has 0 aliphatic carbocycles. The van der Waals surface area contributed by atoms with E-state index in [2.05, 4.69) is 22.9 Å². The van der Waals surface area contributed by atoms with E-state index >= 15 is 0 Å². The number of hydrogen-bond acceptors (Lipinski definition) is 2. The number of hydrogen-bond donors (Lipinski definition) is 1. The van der Waals surface area contributed by atoms with Crippen LogP contribution < -0.4 is 5.32 Å². The van der Waals surface area contributed by atoms with Crippen molar-refractivity contribution in [2.24, 2.45) is 0 Å². The number of nitrogens with one attached hydrogen (secondary N) is 1. The van der Waals surface area contributed by atoms with Crippen molar-refractivity contribution in [2.75, 3.05) is 5.32 Å². The van der Waals surface area contributed by atoms with Crippen molar-refractivity contribution in [2.45, 2.75) is 20.3 Å². The van der Waals surface area contributed by atoms with Crippen molar-refractivity contribution >= 4 is 17.7 Å². The number of rotatable bonds is 6. The summed E-state index contributed by atoms with van der Waals surface area (Å²) in [6.07, 6.45) is 2.60. The van der Waals surface area contributed by atoms with Gasteiger partial charge in [0.15, 0.2) is 0 Å². The first-order valence-electron chi connectivity index (χ1n) is 11.0. The van der Waals surface area contributed by atoms with Gasteiger partial charge >= 0.3 is 0 Å². The van der Waals surface area contributed by atoms with Crippen molar-refractivity contribution in [3.8, 4) is 23.0 Å². The Bertz CT molecular complexity index is 1330. The van der Waals surface area contributed by atoms with Crippen LogP contribution in [0.1, 0.15) is 23.7 Å². The molecule has 0 radical (unpaired) electrons. The molecule has 1 heterocycles. The summed E-state index contributed by atoms with van der Waals surface area (Å²) in [7, 11) is 0. The first-order chi connectivity index (χ1) is 16.1. The summed E-state index contributed by atoms with van der Waals surface area (Å²) in [5, 5.41) is 12.6. The van der Waals surface area contributed by atoms with Crippen LogP contribution in [0.25, 0.3) is 23.0 Å². The highest BCUT2D eigenvalue weighted by molar-refractivity contribution is 6.10. The lowest BCUT2D eigenvalue weighted by atomic mass is 10.0. The number of nitriles is 1. The highest BCUT2D eigenvalue weighted by atomic mass is 16.1. The number of benzene rings is 3. The predicted molar refractivity (Wildman–Crippen MR) is 134 cm³/mol. The van der Waals surface area contributed by atoms with Crippen molar-refractivity contribution in [1.82, 2.24) is 4.57 Å². The summed E-state index contributed by atoms with van der Waals surface area (Å²) in [6, 6.07) is 31.8. The fraction of sp³-hybridized carbons (Fsp3) is 0.103. The standard InChI is InChI=1S/C29H25N3O/c1-3-22-14-16-26(17-15-22)31-29(33)25(20-30)19-24-18-21(2)32(27-12-8-5-9-13-27)28(24)23-10-6-4-7-11-23/h4-19H,3H2,1-2H3,(H,31,33)/b25-19-. The van der Waals surface area contributed by atoms with Gasteiger partial charge in [0.05, 0.1) is 5.69 Å². The molecule has 4 rings (SSSR count). The van der Waals surface area contributed by atoms with Gasteiger partial charge in [-0.3, -0.25) is 4.79 Å². The fourth-order valence-corrected chi connectivity index (χ4v) is 3.90. The van der Waals surface area contributed by atoms with Crippen LogP contribution in [0, 0.1) is 18.3 Å². The summed E-state index contributed by atoms with van der Waals surface area (Å²) >= 11 is 0. The summed E-state index contributed by atoms with van der Waals surface area (Å²) in [4.78, 5) is 12.9. The van der Waals surface area contributed by atoms with Gasteiger partial charge in [-0.15, -0.1) is 0 Å². The maximum atomic E-state index is 12.9. The number of para-hydroxylation sites is 1. The molecule has 0 saturated heterocycles. The number of nitrogens with zero attached hydrogens (tertiary/aromatic N) is 2. The largest absolute Gasteiger partial charge is 0.321 e. The number of aryl methyl sites for hydroxylation is 2. The molecule has 162 valence electrons. The summed E-state index contributed by atoms with van der Waals surface area (Å²) in [5.74, 6) is -0.425. The minimum atomic E-state index is -0.425. The number of amides is 1. The zero-order valence-electron chi connectivity index (χ0n) is 18.7. The van der Waals surface area contributed by atoms with E-state index in [1.165, 1.54) is 5.56 Å². The van der Waals surface area contributed by atoms with E-state index in [9.17, 15) is 10.1 Å². The Labute approximate surface area is 194 Å². The van der Waals surface area contributed by atoms with Crippen LogP contribution >= 0.6 is 0 Å². The van der Waals surface area contributed by atoms with Gasteiger partial charge in [-0.25, -0.2) is 0 Å². The lowest BCUT2D eigenvalue weighted by Crippen LogP contribution is -2.13. The third-order valence-electron chi connectivity index (χ3n) is 5.56. The van der Waals surface area contributed by atoms with Crippen LogP contribution in [0.3, 0.4) is 0 Å². The second-order valence-electron chi connectivity index (χ2n) is 7.80. The van der Waals surface area contributed by atoms with Crippen LogP contribution in [0.4, 0.5) is 5.69 Å². The number of carbonyl (C=O) groups excluding carboxylic acids is 1. The van der Waals surface area contributed by atoms with Gasteiger partial charge in [0.25, 0.3) is 5.91 Å². The minimum Gasteiger partial charge on any atom is -0.321 e. The van der Waals surface area contributed by atoms with Crippen LogP contribution in [-0.4, -0.2) is 10.5 Å². The number of anilines is 1. The van der Waals surface area contributed by atoms with E-state index in [1.54, 1.807) is 6.08 Å². The second-order valence-corrected chi connectivity index (χ2v) is 7.80. The molecule has 33 heavy (non-hydrogen) atoms. The molecule has 3 aromatic carbocycles. The highest BCUT2D eigenvalue weighted by Gasteiger charge is 2.17. The zero-order chi connectivity index (χ0) is 23.2. The van der Waals surface area contributed by atoms with Crippen molar-refractivity contribution in [3.05, 3.63) is 113 Å². The summed E-state index contributed by atoms with van der Waals surface area (Å²) < 4.78 is 2.15. The lowest BCUT2D eigenvalue weighted by molar-refractivity contribution is -0.112. The average Bonchev–Trinajstić information content (AvgIpc) is 3.19. The predicted octanol–water partition coefficient (Wildman–Crippen LogP) is 6.56. The molecular formula is C29H25N3O. The molecule has 4 heteroatoms. The van der Waals surface area contributed by atoms with Crippen LogP contribution in [0.15, 0.2) is 96.6 Å². The van der Waals surface area contributed by atoms with Gasteiger partial charge in [-0.2, -0.15) is 5.26 Å². The first-order valence-corrected chi connectivity index (χ1v) is 11.0. The molecule has 4 nitrogen and oxygen atoms in total. The molecule has 4 aromatic rings. The quantitative estimate of drug-likeness (QED) is 0.278. The molecule has 1 amide bonds. The van der Waals surface area contributed by atoms with Crippen LogP contribution in [-0.2, 0) is 11.2 Å². The maximum Gasteiger partial charge on any atom is 0.266 e. The maximum absolute atomic E-state index is 12.9. The summed E-state index contributed by atoms with van der Waals surface area (Å²) in [6.45, 7) is 4.11. The van der Waals surface area contributed by atoms with E-state index in [4.69, 9.17) is 0 Å². The molecule has 0 bridgehead atoms. The Morgan fingerprint density at radius 3 is 2.21 bits per heavy atom. The van der Waals surface area contributed by atoms with Gasteiger partial charge in [-0.1, -0.05) is 67.6 Å².